The lowest BCUT2D eigenvalue weighted by atomic mass is 10.2. The van der Waals surface area contributed by atoms with Gasteiger partial charge in [-0.2, -0.15) is 4.98 Å². The molecule has 7 nitrogen and oxygen atoms in total. The number of hydrogen-bond donors (Lipinski definition) is 1. The molecule has 0 unspecified atom stereocenters. The van der Waals surface area contributed by atoms with Crippen LogP contribution in [0.2, 0.25) is 0 Å². The van der Waals surface area contributed by atoms with E-state index in [1.165, 1.54) is 0 Å². The first-order valence-electron chi connectivity index (χ1n) is 6.95. The van der Waals surface area contributed by atoms with E-state index in [1.807, 2.05) is 30.9 Å². The van der Waals surface area contributed by atoms with Crippen LogP contribution in [0.25, 0.3) is 11.5 Å². The van der Waals surface area contributed by atoms with E-state index in [9.17, 15) is 4.79 Å². The minimum Gasteiger partial charge on any atom is -0.353 e. The van der Waals surface area contributed by atoms with Gasteiger partial charge in [0.1, 0.15) is 5.82 Å². The Morgan fingerprint density at radius 3 is 2.86 bits per heavy atom. The van der Waals surface area contributed by atoms with Crippen LogP contribution in [0.4, 0.5) is 5.82 Å². The molecule has 3 heterocycles. The number of carbonyl (C=O) groups excluding carboxylic acids is 1. The lowest BCUT2D eigenvalue weighted by Crippen LogP contribution is -2.48. The monoisotopic (exact) mass is 287 g/mol. The molecule has 21 heavy (non-hydrogen) atoms. The zero-order valence-corrected chi connectivity index (χ0v) is 12.0. The first-order chi connectivity index (χ1) is 10.1. The Labute approximate surface area is 122 Å². The number of anilines is 1. The summed E-state index contributed by atoms with van der Waals surface area (Å²) >= 11 is 0. The van der Waals surface area contributed by atoms with Crippen molar-refractivity contribution in [1.82, 2.24) is 20.4 Å². The molecular formula is C14H17N5O2. The average Bonchev–Trinajstić information content (AvgIpc) is 2.97. The highest BCUT2D eigenvalue weighted by molar-refractivity contribution is 5.82. The molecule has 0 atom stereocenters. The van der Waals surface area contributed by atoms with Crippen LogP contribution in [0.15, 0.2) is 22.9 Å². The summed E-state index contributed by atoms with van der Waals surface area (Å²) in [5, 5.41) is 6.73. The average molecular weight is 287 g/mol. The topological polar surface area (TPSA) is 84.2 Å². The van der Waals surface area contributed by atoms with Crippen molar-refractivity contribution >= 4 is 11.7 Å². The SMILES string of the molecule is CC(C)c1noc(-c2ccc(N3CCNC(=O)C3)nc2)n1. The Morgan fingerprint density at radius 2 is 2.24 bits per heavy atom. The third-order valence-electron chi connectivity index (χ3n) is 3.32. The van der Waals surface area contributed by atoms with Gasteiger partial charge in [-0.3, -0.25) is 4.79 Å². The summed E-state index contributed by atoms with van der Waals surface area (Å²) in [6, 6.07) is 3.75. The van der Waals surface area contributed by atoms with Gasteiger partial charge < -0.3 is 14.7 Å². The van der Waals surface area contributed by atoms with Gasteiger partial charge in [0.2, 0.25) is 5.91 Å². The van der Waals surface area contributed by atoms with Crippen molar-refractivity contribution in [3.63, 3.8) is 0 Å². The van der Waals surface area contributed by atoms with Crippen molar-refractivity contribution in [3.05, 3.63) is 24.2 Å². The van der Waals surface area contributed by atoms with E-state index in [-0.39, 0.29) is 11.8 Å². The van der Waals surface area contributed by atoms with Gasteiger partial charge in [-0.05, 0) is 12.1 Å². The van der Waals surface area contributed by atoms with E-state index < -0.39 is 0 Å². The number of pyridine rings is 1. The van der Waals surface area contributed by atoms with E-state index in [0.29, 0.717) is 24.8 Å². The van der Waals surface area contributed by atoms with Crippen molar-refractivity contribution in [2.75, 3.05) is 24.5 Å². The molecule has 1 amide bonds. The third kappa shape index (κ3) is 2.86. The summed E-state index contributed by atoms with van der Waals surface area (Å²) in [5.74, 6) is 2.17. The molecule has 1 fully saturated rings. The van der Waals surface area contributed by atoms with Crippen LogP contribution in [0.5, 0.6) is 0 Å². The van der Waals surface area contributed by atoms with E-state index in [2.05, 4.69) is 20.4 Å². The van der Waals surface area contributed by atoms with Crippen molar-refractivity contribution in [2.24, 2.45) is 0 Å². The van der Waals surface area contributed by atoms with E-state index in [4.69, 9.17) is 4.52 Å². The molecule has 0 aliphatic carbocycles. The van der Waals surface area contributed by atoms with Gasteiger partial charge in [-0.15, -0.1) is 0 Å². The fraction of sp³-hybridized carbons (Fsp3) is 0.429. The number of nitrogens with zero attached hydrogens (tertiary/aromatic N) is 4. The quantitative estimate of drug-likeness (QED) is 0.913. The summed E-state index contributed by atoms with van der Waals surface area (Å²) in [4.78, 5) is 22.1. The molecule has 2 aromatic rings. The summed E-state index contributed by atoms with van der Waals surface area (Å²) in [6.07, 6.45) is 1.69. The largest absolute Gasteiger partial charge is 0.353 e. The Kier molecular flexibility index (Phi) is 3.55. The van der Waals surface area contributed by atoms with Crippen LogP contribution in [-0.2, 0) is 4.79 Å². The number of amides is 1. The lowest BCUT2D eigenvalue weighted by Gasteiger charge is -2.27. The van der Waals surface area contributed by atoms with Crippen molar-refractivity contribution in [2.45, 2.75) is 19.8 Å². The predicted octanol–water partition coefficient (Wildman–Crippen LogP) is 1.19. The second kappa shape index (κ2) is 5.51. The molecule has 0 spiro atoms. The summed E-state index contributed by atoms with van der Waals surface area (Å²) in [5.41, 5.74) is 0.777. The first kappa shape index (κ1) is 13.5. The molecule has 1 aliphatic rings. The fourth-order valence-corrected chi connectivity index (χ4v) is 2.12. The molecular weight excluding hydrogens is 270 g/mol. The molecule has 110 valence electrons. The number of nitrogens with one attached hydrogen (secondary N) is 1. The summed E-state index contributed by atoms with van der Waals surface area (Å²) in [7, 11) is 0. The first-order valence-corrected chi connectivity index (χ1v) is 6.95. The molecule has 3 rings (SSSR count). The summed E-state index contributed by atoms with van der Waals surface area (Å²) < 4.78 is 5.24. The number of carbonyl (C=O) groups is 1. The highest BCUT2D eigenvalue weighted by Gasteiger charge is 2.18. The van der Waals surface area contributed by atoms with E-state index in [1.54, 1.807) is 6.20 Å². The highest BCUT2D eigenvalue weighted by Crippen LogP contribution is 2.21. The van der Waals surface area contributed by atoms with Gasteiger partial charge in [-0.25, -0.2) is 4.98 Å². The standard InChI is InChI=1S/C14H17N5O2/c1-9(2)13-17-14(21-18-13)10-3-4-11(16-7-10)19-6-5-15-12(20)8-19/h3-4,7,9H,5-6,8H2,1-2H3,(H,15,20). The smallest absolute Gasteiger partial charge is 0.259 e. The van der Waals surface area contributed by atoms with Crippen LogP contribution >= 0.6 is 0 Å². The molecule has 0 bridgehead atoms. The van der Waals surface area contributed by atoms with Gasteiger partial charge in [0.15, 0.2) is 5.82 Å². The number of piperazine rings is 1. The van der Waals surface area contributed by atoms with Crippen molar-refractivity contribution in [1.29, 1.82) is 0 Å². The van der Waals surface area contributed by atoms with E-state index >= 15 is 0 Å². The Morgan fingerprint density at radius 1 is 1.38 bits per heavy atom. The van der Waals surface area contributed by atoms with Gasteiger partial charge in [0.25, 0.3) is 5.89 Å². The fourth-order valence-electron chi connectivity index (χ4n) is 2.12. The zero-order valence-electron chi connectivity index (χ0n) is 12.0. The molecule has 1 aliphatic heterocycles. The maximum Gasteiger partial charge on any atom is 0.259 e. The Balaban J connectivity index is 1.78. The lowest BCUT2D eigenvalue weighted by molar-refractivity contribution is -0.120. The van der Waals surface area contributed by atoms with Crippen molar-refractivity contribution < 1.29 is 9.32 Å². The molecule has 0 saturated carbocycles. The molecule has 7 heteroatoms. The maximum absolute atomic E-state index is 11.4. The highest BCUT2D eigenvalue weighted by atomic mass is 16.5. The second-order valence-electron chi connectivity index (χ2n) is 5.29. The van der Waals surface area contributed by atoms with Crippen LogP contribution < -0.4 is 10.2 Å². The molecule has 1 saturated heterocycles. The molecule has 0 radical (unpaired) electrons. The van der Waals surface area contributed by atoms with Gasteiger partial charge in [0.05, 0.1) is 12.1 Å². The third-order valence-corrected chi connectivity index (χ3v) is 3.32. The molecule has 0 aromatic carbocycles. The maximum atomic E-state index is 11.4. The van der Waals surface area contributed by atoms with Crippen LogP contribution in [0.1, 0.15) is 25.6 Å². The zero-order chi connectivity index (χ0) is 14.8. The number of hydrogen-bond acceptors (Lipinski definition) is 6. The predicted molar refractivity (Wildman–Crippen MR) is 76.8 cm³/mol. The number of rotatable bonds is 3. The van der Waals surface area contributed by atoms with Gasteiger partial charge in [0, 0.05) is 25.2 Å². The Hall–Kier alpha value is -2.44. The summed E-state index contributed by atoms with van der Waals surface area (Å²) in [6.45, 7) is 5.76. The van der Waals surface area contributed by atoms with Crippen LogP contribution in [0.3, 0.4) is 0 Å². The Bertz CT molecular complexity index is 635. The number of aromatic nitrogens is 3. The van der Waals surface area contributed by atoms with Crippen LogP contribution in [0, 0.1) is 0 Å². The van der Waals surface area contributed by atoms with Crippen molar-refractivity contribution in [3.8, 4) is 11.5 Å². The van der Waals surface area contributed by atoms with E-state index in [0.717, 1.165) is 17.9 Å². The second-order valence-corrected chi connectivity index (χ2v) is 5.29. The minimum absolute atomic E-state index is 0.0191. The normalized spacial score (nSPS) is 15.4. The van der Waals surface area contributed by atoms with Crippen LogP contribution in [-0.4, -0.2) is 40.7 Å². The molecule has 1 N–H and O–H groups in total. The molecule has 2 aromatic heterocycles. The van der Waals surface area contributed by atoms with Gasteiger partial charge in [-0.1, -0.05) is 19.0 Å². The minimum atomic E-state index is 0.0191. The van der Waals surface area contributed by atoms with Gasteiger partial charge >= 0.3 is 0 Å².